The highest BCUT2D eigenvalue weighted by atomic mass is 16.4. The molecule has 1 heterocycles. The van der Waals surface area contributed by atoms with E-state index in [2.05, 4.69) is 10.6 Å². The molecule has 0 aliphatic rings. The fraction of sp³-hybridized carbons (Fsp3) is 0.0870. The SMILES string of the molecule is O=C(N[C@H](Cc1ccccc1)C(=O)[O-])/C(=C\c1ccccc1)NC(=O)c1ccco1. The Morgan fingerprint density at radius 1 is 0.933 bits per heavy atom. The Morgan fingerprint density at radius 3 is 2.20 bits per heavy atom. The number of hydrogen-bond acceptors (Lipinski definition) is 5. The van der Waals surface area contributed by atoms with Crippen LogP contribution >= 0.6 is 0 Å². The third-order valence-electron chi connectivity index (χ3n) is 4.22. The maximum absolute atomic E-state index is 12.8. The van der Waals surface area contributed by atoms with Crippen LogP contribution in [-0.4, -0.2) is 23.8 Å². The maximum Gasteiger partial charge on any atom is 0.291 e. The zero-order valence-electron chi connectivity index (χ0n) is 15.9. The Balaban J connectivity index is 1.82. The lowest BCUT2D eigenvalue weighted by Crippen LogP contribution is -2.50. The Bertz CT molecular complexity index is 1030. The molecule has 7 heteroatoms. The van der Waals surface area contributed by atoms with Gasteiger partial charge >= 0.3 is 0 Å². The van der Waals surface area contributed by atoms with Crippen molar-refractivity contribution in [3.63, 3.8) is 0 Å². The van der Waals surface area contributed by atoms with Gasteiger partial charge in [0.15, 0.2) is 5.76 Å². The van der Waals surface area contributed by atoms with Gasteiger partial charge in [0.1, 0.15) is 5.70 Å². The van der Waals surface area contributed by atoms with Crippen LogP contribution in [0.5, 0.6) is 0 Å². The number of carboxylic acid groups (broad SMARTS) is 1. The molecule has 0 fully saturated rings. The average molecular weight is 403 g/mol. The first kappa shape index (κ1) is 20.6. The molecule has 2 N–H and O–H groups in total. The van der Waals surface area contributed by atoms with Crippen LogP contribution in [0.4, 0.5) is 0 Å². The number of furan rings is 1. The highest BCUT2D eigenvalue weighted by molar-refractivity contribution is 6.05. The fourth-order valence-electron chi connectivity index (χ4n) is 2.75. The summed E-state index contributed by atoms with van der Waals surface area (Å²) >= 11 is 0. The fourth-order valence-corrected chi connectivity index (χ4v) is 2.75. The second-order valence-corrected chi connectivity index (χ2v) is 6.43. The topological polar surface area (TPSA) is 111 Å². The normalized spacial score (nSPS) is 12.1. The number of hydrogen-bond donors (Lipinski definition) is 2. The quantitative estimate of drug-likeness (QED) is 0.554. The maximum atomic E-state index is 12.8. The van der Waals surface area contributed by atoms with E-state index in [1.807, 2.05) is 6.07 Å². The van der Waals surface area contributed by atoms with Crippen molar-refractivity contribution in [2.24, 2.45) is 0 Å². The van der Waals surface area contributed by atoms with Crippen LogP contribution in [0, 0.1) is 0 Å². The summed E-state index contributed by atoms with van der Waals surface area (Å²) in [5, 5.41) is 16.5. The second-order valence-electron chi connectivity index (χ2n) is 6.43. The zero-order chi connectivity index (χ0) is 21.3. The smallest absolute Gasteiger partial charge is 0.291 e. The van der Waals surface area contributed by atoms with E-state index >= 15 is 0 Å². The van der Waals surface area contributed by atoms with Crippen LogP contribution in [0.25, 0.3) is 6.08 Å². The number of nitrogens with one attached hydrogen (secondary N) is 2. The van der Waals surface area contributed by atoms with Crippen LogP contribution in [0.3, 0.4) is 0 Å². The summed E-state index contributed by atoms with van der Waals surface area (Å²) in [5.41, 5.74) is 1.25. The summed E-state index contributed by atoms with van der Waals surface area (Å²) in [6.45, 7) is 0. The molecule has 1 atom stereocenters. The molecule has 0 saturated carbocycles. The van der Waals surface area contributed by atoms with Crippen LogP contribution in [0.2, 0.25) is 0 Å². The van der Waals surface area contributed by atoms with Gasteiger partial charge in [0.2, 0.25) is 0 Å². The summed E-state index contributed by atoms with van der Waals surface area (Å²) in [6, 6.07) is 19.4. The zero-order valence-corrected chi connectivity index (χ0v) is 15.9. The molecule has 0 radical (unpaired) electrons. The molecule has 152 valence electrons. The number of rotatable bonds is 8. The molecule has 0 saturated heterocycles. The van der Waals surface area contributed by atoms with Crippen molar-refractivity contribution in [2.45, 2.75) is 12.5 Å². The van der Waals surface area contributed by atoms with Crippen molar-refractivity contribution in [1.29, 1.82) is 0 Å². The highest BCUT2D eigenvalue weighted by Gasteiger charge is 2.20. The van der Waals surface area contributed by atoms with Gasteiger partial charge in [-0.05, 0) is 35.8 Å². The first-order chi connectivity index (χ1) is 14.5. The lowest BCUT2D eigenvalue weighted by Gasteiger charge is -2.21. The number of carbonyl (C=O) groups is 3. The van der Waals surface area contributed by atoms with Crippen molar-refractivity contribution in [1.82, 2.24) is 10.6 Å². The summed E-state index contributed by atoms with van der Waals surface area (Å²) in [7, 11) is 0. The van der Waals surface area contributed by atoms with Gasteiger partial charge < -0.3 is 25.0 Å². The summed E-state index contributed by atoms with van der Waals surface area (Å²) in [6.07, 6.45) is 2.83. The minimum absolute atomic E-state index is 0.0162. The third-order valence-corrected chi connectivity index (χ3v) is 4.22. The van der Waals surface area contributed by atoms with Crippen LogP contribution < -0.4 is 15.7 Å². The molecule has 1 aromatic heterocycles. The standard InChI is InChI=1S/C23H20N2O5/c26-21(25-19(23(28)29)15-17-10-5-2-6-11-17)18(14-16-8-3-1-4-9-16)24-22(27)20-12-7-13-30-20/h1-14,19H,15H2,(H,24,27)(H,25,26)(H,28,29)/p-1/b18-14+/t19-/m1/s1. The van der Waals surface area contributed by atoms with Gasteiger partial charge in [0, 0.05) is 0 Å². The molecule has 3 rings (SSSR count). The van der Waals surface area contributed by atoms with Crippen molar-refractivity contribution in [3.8, 4) is 0 Å². The van der Waals surface area contributed by atoms with Gasteiger partial charge in [-0.2, -0.15) is 0 Å². The van der Waals surface area contributed by atoms with Crippen molar-refractivity contribution in [3.05, 3.63) is 102 Å². The van der Waals surface area contributed by atoms with Gasteiger partial charge in [0.05, 0.1) is 18.3 Å². The average Bonchev–Trinajstić information content (AvgIpc) is 3.29. The third kappa shape index (κ3) is 5.68. The predicted molar refractivity (Wildman–Crippen MR) is 108 cm³/mol. The van der Waals surface area contributed by atoms with E-state index in [1.165, 1.54) is 18.4 Å². The van der Waals surface area contributed by atoms with Gasteiger partial charge in [0.25, 0.3) is 11.8 Å². The summed E-state index contributed by atoms with van der Waals surface area (Å²) in [5.74, 6) is -2.81. The minimum atomic E-state index is -1.43. The van der Waals surface area contributed by atoms with Crippen LogP contribution in [-0.2, 0) is 16.0 Å². The lowest BCUT2D eigenvalue weighted by atomic mass is 10.1. The number of benzene rings is 2. The van der Waals surface area contributed by atoms with E-state index in [0.717, 1.165) is 5.56 Å². The summed E-state index contributed by atoms with van der Waals surface area (Å²) < 4.78 is 5.05. The molecule has 3 aromatic rings. The molecule has 0 aliphatic heterocycles. The number of aliphatic carboxylic acids is 1. The highest BCUT2D eigenvalue weighted by Crippen LogP contribution is 2.09. The minimum Gasteiger partial charge on any atom is -0.548 e. The van der Waals surface area contributed by atoms with Crippen molar-refractivity contribution < 1.29 is 23.9 Å². The Kier molecular flexibility index (Phi) is 6.78. The predicted octanol–water partition coefficient (Wildman–Crippen LogP) is 1.53. The molecule has 30 heavy (non-hydrogen) atoms. The van der Waals surface area contributed by atoms with Crippen LogP contribution in [0.15, 0.2) is 89.2 Å². The Hall–Kier alpha value is -4.13. The van der Waals surface area contributed by atoms with Crippen molar-refractivity contribution in [2.75, 3.05) is 0 Å². The summed E-state index contributed by atoms with van der Waals surface area (Å²) in [4.78, 5) is 36.8. The molecular weight excluding hydrogens is 384 g/mol. The molecule has 2 amide bonds. The largest absolute Gasteiger partial charge is 0.548 e. The van der Waals surface area contributed by atoms with Gasteiger partial charge in [-0.25, -0.2) is 0 Å². The van der Waals surface area contributed by atoms with E-state index in [4.69, 9.17) is 4.42 Å². The first-order valence-corrected chi connectivity index (χ1v) is 9.20. The Morgan fingerprint density at radius 2 is 1.60 bits per heavy atom. The van der Waals surface area contributed by atoms with E-state index in [1.54, 1.807) is 60.7 Å². The first-order valence-electron chi connectivity index (χ1n) is 9.20. The van der Waals surface area contributed by atoms with E-state index in [9.17, 15) is 19.5 Å². The monoisotopic (exact) mass is 403 g/mol. The molecule has 0 bridgehead atoms. The molecule has 0 unspecified atom stereocenters. The Labute approximate surface area is 173 Å². The van der Waals surface area contributed by atoms with Gasteiger partial charge in [-0.3, -0.25) is 9.59 Å². The second kappa shape index (κ2) is 9.88. The number of carbonyl (C=O) groups excluding carboxylic acids is 3. The molecule has 0 spiro atoms. The van der Waals surface area contributed by atoms with Gasteiger partial charge in [-0.1, -0.05) is 60.7 Å². The van der Waals surface area contributed by atoms with Gasteiger partial charge in [-0.15, -0.1) is 0 Å². The van der Waals surface area contributed by atoms with E-state index < -0.39 is 23.8 Å². The van der Waals surface area contributed by atoms with E-state index in [0.29, 0.717) is 5.56 Å². The molecule has 7 nitrogen and oxygen atoms in total. The van der Waals surface area contributed by atoms with E-state index in [-0.39, 0.29) is 17.9 Å². The molecule has 0 aliphatic carbocycles. The van der Waals surface area contributed by atoms with Crippen LogP contribution in [0.1, 0.15) is 21.7 Å². The number of carboxylic acids is 1. The van der Waals surface area contributed by atoms with Crippen molar-refractivity contribution >= 4 is 23.9 Å². The molecule has 2 aromatic carbocycles. The molecular formula is C23H19N2O5-. The lowest BCUT2D eigenvalue weighted by molar-refractivity contribution is -0.308. The number of amides is 2.